The first-order valence-electron chi connectivity index (χ1n) is 14.1. The van der Waals surface area contributed by atoms with E-state index in [1.807, 2.05) is 11.3 Å². The van der Waals surface area contributed by atoms with Crippen LogP contribution in [-0.4, -0.2) is 63.3 Å². The van der Waals surface area contributed by atoms with Crippen LogP contribution in [0.5, 0.6) is 0 Å². The molecule has 0 unspecified atom stereocenters. The van der Waals surface area contributed by atoms with Crippen molar-refractivity contribution in [1.29, 1.82) is 5.26 Å². The number of amides is 1. The van der Waals surface area contributed by atoms with Gasteiger partial charge in [0.2, 0.25) is 9.84 Å². The molecule has 2 aromatic carbocycles. The van der Waals surface area contributed by atoms with Crippen LogP contribution in [-0.2, 0) is 15.3 Å². The van der Waals surface area contributed by atoms with Gasteiger partial charge < -0.3 is 20.2 Å². The van der Waals surface area contributed by atoms with Gasteiger partial charge in [0.25, 0.3) is 0 Å². The number of rotatable bonds is 8. The van der Waals surface area contributed by atoms with Crippen LogP contribution in [0.25, 0.3) is 0 Å². The highest BCUT2D eigenvalue weighted by Gasteiger charge is 2.52. The number of nitriles is 1. The van der Waals surface area contributed by atoms with Crippen molar-refractivity contribution in [3.05, 3.63) is 59.9 Å². The fourth-order valence-corrected chi connectivity index (χ4v) is 7.94. The maximum Gasteiger partial charge on any atom is 0.404 e. The van der Waals surface area contributed by atoms with Crippen molar-refractivity contribution in [3.8, 4) is 17.7 Å². The molecule has 8 nitrogen and oxygen atoms in total. The minimum absolute atomic E-state index is 0.0116. The number of likely N-dealkylation sites (tertiary alicyclic amines) is 1. The predicted molar refractivity (Wildman–Crippen MR) is 153 cm³/mol. The Hall–Kier alpha value is -3.60. The summed E-state index contributed by atoms with van der Waals surface area (Å²) in [6.45, 7) is 4.32. The predicted octanol–water partition coefficient (Wildman–Crippen LogP) is 4.24. The van der Waals surface area contributed by atoms with E-state index in [1.54, 1.807) is 30.3 Å². The molecule has 3 fully saturated rings. The van der Waals surface area contributed by atoms with Crippen molar-refractivity contribution in [2.24, 2.45) is 17.8 Å². The van der Waals surface area contributed by atoms with Crippen LogP contribution in [0.1, 0.15) is 37.7 Å². The summed E-state index contributed by atoms with van der Waals surface area (Å²) in [5.74, 6) is -0.141. The van der Waals surface area contributed by atoms with Crippen molar-refractivity contribution in [3.63, 3.8) is 0 Å². The smallest absolute Gasteiger partial charge is 0.404 e. The molecule has 0 bridgehead atoms. The first kappa shape index (κ1) is 28.9. The molecule has 2 N–H and O–H groups in total. The van der Waals surface area contributed by atoms with E-state index in [-0.39, 0.29) is 28.6 Å². The van der Waals surface area contributed by atoms with E-state index in [1.165, 1.54) is 12.1 Å². The molecule has 1 saturated carbocycles. The van der Waals surface area contributed by atoms with E-state index in [4.69, 9.17) is 6.42 Å². The first-order valence-corrected chi connectivity index (χ1v) is 15.6. The Morgan fingerprint density at radius 1 is 1.12 bits per heavy atom. The number of hydrogen-bond acceptors (Lipinski definition) is 6. The van der Waals surface area contributed by atoms with Gasteiger partial charge in [0.15, 0.2) is 0 Å². The van der Waals surface area contributed by atoms with Crippen molar-refractivity contribution >= 4 is 21.6 Å². The second-order valence-electron chi connectivity index (χ2n) is 11.5. The highest BCUT2D eigenvalue weighted by Crippen LogP contribution is 2.50. The zero-order chi connectivity index (χ0) is 29.2. The molecule has 3 atom stereocenters. The highest BCUT2D eigenvalue weighted by atomic mass is 32.2. The first-order chi connectivity index (χ1) is 19.7. The number of sulfone groups is 1. The van der Waals surface area contributed by atoms with Crippen LogP contribution in [0.3, 0.4) is 0 Å². The number of nitrogens with one attached hydrogen (secondary N) is 1. The number of benzene rings is 2. The molecular weight excluding hydrogens is 543 g/mol. The molecule has 2 aromatic rings. The normalized spacial score (nSPS) is 23.6. The molecule has 1 aliphatic carbocycles. The summed E-state index contributed by atoms with van der Waals surface area (Å²) in [4.78, 5) is 16.3. The van der Waals surface area contributed by atoms with Crippen LogP contribution < -0.4 is 10.2 Å². The van der Waals surface area contributed by atoms with Crippen molar-refractivity contribution in [2.75, 3.05) is 37.6 Å². The number of carbonyl (C=O) groups is 1. The molecule has 3 aliphatic rings. The van der Waals surface area contributed by atoms with Gasteiger partial charge in [0, 0.05) is 48.5 Å². The highest BCUT2D eigenvalue weighted by molar-refractivity contribution is 7.96. The number of anilines is 1. The van der Waals surface area contributed by atoms with Crippen LogP contribution >= 0.6 is 0 Å². The maximum absolute atomic E-state index is 14.4. The molecule has 0 aromatic heterocycles. The lowest BCUT2D eigenvalue weighted by atomic mass is 9.59. The maximum atomic E-state index is 14.4. The van der Waals surface area contributed by atoms with E-state index < -0.39 is 21.3 Å². The van der Waals surface area contributed by atoms with Crippen molar-refractivity contribution < 1.29 is 22.7 Å². The van der Waals surface area contributed by atoms with Crippen molar-refractivity contribution in [2.45, 2.75) is 48.5 Å². The Morgan fingerprint density at radius 2 is 1.83 bits per heavy atom. The van der Waals surface area contributed by atoms with Crippen LogP contribution in [0, 0.1) is 46.6 Å². The minimum atomic E-state index is -3.68. The average molecular weight is 579 g/mol. The number of terminal acetylenes is 1. The molecule has 2 aliphatic heterocycles. The topological polar surface area (TPSA) is 114 Å². The second-order valence-corrected chi connectivity index (χ2v) is 13.3. The van der Waals surface area contributed by atoms with Gasteiger partial charge in [-0.25, -0.2) is 17.6 Å². The van der Waals surface area contributed by atoms with Gasteiger partial charge in [-0.3, -0.25) is 0 Å². The van der Waals surface area contributed by atoms with E-state index in [2.05, 4.69) is 21.2 Å². The van der Waals surface area contributed by atoms with Gasteiger partial charge >= 0.3 is 6.09 Å². The van der Waals surface area contributed by atoms with Gasteiger partial charge in [-0.05, 0) is 86.7 Å². The third kappa shape index (κ3) is 5.77. The fraction of sp³-hybridized carbons (Fsp3) is 0.484. The molecular formula is C31H35FN4O4S. The standard InChI is InChI=1S/C31H35FN4O4S/c1-2-41(39,40)27-11-9-26(10-12-27)36-19-22(20-36)18-35-15-13-23(14-16-35)31(21-33,24-5-3-6-25(32)17-24)28-7-4-8-29(28)34-30(37)38/h1,3,5-6,9-12,17,22-23,28-29,34H,4,7-8,13-16,18-20H2,(H,37,38)/t28-,29-,31-/m0/s1. The van der Waals surface area contributed by atoms with Gasteiger partial charge in [-0.1, -0.05) is 18.6 Å². The van der Waals surface area contributed by atoms with Gasteiger partial charge in [0.05, 0.1) is 16.4 Å². The number of hydrogen-bond donors (Lipinski definition) is 2. The molecule has 0 radical (unpaired) electrons. The molecule has 41 heavy (non-hydrogen) atoms. The van der Waals surface area contributed by atoms with E-state index in [0.29, 0.717) is 17.9 Å². The zero-order valence-corrected chi connectivity index (χ0v) is 23.7. The van der Waals surface area contributed by atoms with Gasteiger partial charge in [-0.2, -0.15) is 5.26 Å². The number of carboxylic acid groups (broad SMARTS) is 1. The summed E-state index contributed by atoms with van der Waals surface area (Å²) in [5, 5.41) is 24.7. The third-order valence-corrected chi connectivity index (χ3v) is 10.5. The summed E-state index contributed by atoms with van der Waals surface area (Å²) in [6, 6.07) is 15.3. The number of halogens is 1. The monoisotopic (exact) mass is 578 g/mol. The molecule has 2 heterocycles. The quantitative estimate of drug-likeness (QED) is 0.356. The van der Waals surface area contributed by atoms with Gasteiger partial charge in [0.1, 0.15) is 5.82 Å². The van der Waals surface area contributed by atoms with Crippen LogP contribution in [0.2, 0.25) is 0 Å². The minimum Gasteiger partial charge on any atom is -0.465 e. The van der Waals surface area contributed by atoms with Crippen LogP contribution in [0.4, 0.5) is 14.9 Å². The average Bonchev–Trinajstić information content (AvgIpc) is 3.40. The molecule has 216 valence electrons. The number of nitrogens with zero attached hydrogens (tertiary/aromatic N) is 3. The summed E-state index contributed by atoms with van der Waals surface area (Å²) in [6.07, 6.45) is 7.80. The molecule has 2 saturated heterocycles. The second kappa shape index (κ2) is 11.7. The Morgan fingerprint density at radius 3 is 2.44 bits per heavy atom. The third-order valence-electron chi connectivity index (χ3n) is 9.27. The Kier molecular flexibility index (Phi) is 8.26. The van der Waals surface area contributed by atoms with Crippen molar-refractivity contribution in [1.82, 2.24) is 10.2 Å². The molecule has 0 spiro atoms. The molecule has 10 heteroatoms. The summed E-state index contributed by atoms with van der Waals surface area (Å²) >= 11 is 0. The SMILES string of the molecule is C#CS(=O)(=O)c1ccc(N2CC(CN3CCC([C@@](C#N)(c4cccc(F)c4)[C@H]4CCC[C@@H]4NC(=O)O)CC3)C2)cc1. The molecule has 1 amide bonds. The zero-order valence-electron chi connectivity index (χ0n) is 22.9. The summed E-state index contributed by atoms with van der Waals surface area (Å²) in [7, 11) is -3.68. The van der Waals surface area contributed by atoms with E-state index in [9.17, 15) is 28.0 Å². The lowest BCUT2D eigenvalue weighted by Gasteiger charge is -2.48. The summed E-state index contributed by atoms with van der Waals surface area (Å²) < 4.78 is 38.1. The van der Waals surface area contributed by atoms with E-state index in [0.717, 1.165) is 64.1 Å². The lowest BCUT2D eigenvalue weighted by molar-refractivity contribution is 0.0949. The van der Waals surface area contributed by atoms with E-state index >= 15 is 0 Å². The fourth-order valence-electron chi connectivity index (χ4n) is 7.31. The van der Waals surface area contributed by atoms with Gasteiger partial charge in [-0.15, -0.1) is 6.42 Å². The Bertz CT molecular complexity index is 1450. The number of piperidine rings is 1. The Labute approximate surface area is 241 Å². The largest absolute Gasteiger partial charge is 0.465 e. The lowest BCUT2D eigenvalue weighted by Crippen LogP contribution is -2.55. The summed E-state index contributed by atoms with van der Waals surface area (Å²) in [5.41, 5.74) is 0.647. The van der Waals surface area contributed by atoms with Crippen LogP contribution in [0.15, 0.2) is 53.4 Å². The Balaban J connectivity index is 1.23. The molecule has 5 rings (SSSR count).